The molecule has 0 bridgehead atoms. The van der Waals surface area contributed by atoms with E-state index in [1.807, 2.05) is 13.8 Å². The average Bonchev–Trinajstić information content (AvgIpc) is 2.41. The Bertz CT molecular complexity index is 441. The number of rotatable bonds is 7. The van der Waals surface area contributed by atoms with E-state index >= 15 is 0 Å². The number of phenolic OH excluding ortho intramolecular Hbond substituents is 1. The van der Waals surface area contributed by atoms with Crippen LogP contribution in [0.2, 0.25) is 0 Å². The number of benzene rings is 1. The molecular weight excluding hydrogens is 250 g/mol. The number of aromatic hydroxyl groups is 1. The van der Waals surface area contributed by atoms with E-state index < -0.39 is 0 Å². The Hall–Kier alpha value is -1.06. The van der Waals surface area contributed by atoms with Crippen LogP contribution in [-0.2, 0) is 11.2 Å². The van der Waals surface area contributed by atoms with Gasteiger partial charge in [0.15, 0.2) is 0 Å². The van der Waals surface area contributed by atoms with Crippen LogP contribution in [0.4, 0.5) is 0 Å². The summed E-state index contributed by atoms with van der Waals surface area (Å²) in [6.45, 7) is 11.2. The molecule has 20 heavy (non-hydrogen) atoms. The van der Waals surface area contributed by atoms with E-state index in [0.717, 1.165) is 30.5 Å². The summed E-state index contributed by atoms with van der Waals surface area (Å²) < 4.78 is 5.53. The summed E-state index contributed by atoms with van der Waals surface area (Å²) in [7, 11) is 1.77. The maximum Gasteiger partial charge on any atom is 0.121 e. The van der Waals surface area contributed by atoms with Crippen LogP contribution in [0.25, 0.3) is 0 Å². The highest BCUT2D eigenvalue weighted by Gasteiger charge is 2.12. The van der Waals surface area contributed by atoms with Crippen molar-refractivity contribution in [3.8, 4) is 5.75 Å². The molecule has 0 aliphatic rings. The molecule has 2 N–H and O–H groups in total. The predicted molar refractivity (Wildman–Crippen MR) is 84.6 cm³/mol. The first kappa shape index (κ1) is 17.0. The molecule has 0 fully saturated rings. The minimum atomic E-state index is 0.228. The second-order valence-electron chi connectivity index (χ2n) is 5.91. The van der Waals surface area contributed by atoms with Crippen molar-refractivity contribution in [3.63, 3.8) is 0 Å². The molecule has 1 atom stereocenters. The lowest BCUT2D eigenvalue weighted by Crippen LogP contribution is -2.33. The first-order valence-electron chi connectivity index (χ1n) is 7.41. The highest BCUT2D eigenvalue weighted by atomic mass is 16.5. The van der Waals surface area contributed by atoms with E-state index in [2.05, 4.69) is 32.2 Å². The van der Waals surface area contributed by atoms with E-state index in [0.29, 0.717) is 11.8 Å². The summed E-state index contributed by atoms with van der Waals surface area (Å²) in [5, 5.41) is 13.4. The van der Waals surface area contributed by atoms with Crippen LogP contribution in [0.1, 0.15) is 42.5 Å². The van der Waals surface area contributed by atoms with Gasteiger partial charge < -0.3 is 15.2 Å². The van der Waals surface area contributed by atoms with Gasteiger partial charge in [0.1, 0.15) is 5.75 Å². The number of phenols is 1. The number of methoxy groups -OCH3 is 1. The van der Waals surface area contributed by atoms with Crippen molar-refractivity contribution in [1.82, 2.24) is 5.32 Å². The summed E-state index contributed by atoms with van der Waals surface area (Å²) >= 11 is 0. The lowest BCUT2D eigenvalue weighted by molar-refractivity contribution is 0.0930. The lowest BCUT2D eigenvalue weighted by atomic mass is 9.95. The number of ether oxygens (including phenoxy) is 1. The largest absolute Gasteiger partial charge is 0.507 e. The van der Waals surface area contributed by atoms with Gasteiger partial charge in [-0.3, -0.25) is 0 Å². The number of hydrogen-bond acceptors (Lipinski definition) is 3. The Labute approximate surface area is 123 Å². The Balaban J connectivity index is 2.69. The molecular formula is C17H29NO2. The van der Waals surface area contributed by atoms with Crippen LogP contribution in [0.5, 0.6) is 5.75 Å². The van der Waals surface area contributed by atoms with Gasteiger partial charge in [0.25, 0.3) is 0 Å². The summed E-state index contributed by atoms with van der Waals surface area (Å²) in [5.41, 5.74) is 4.45. The van der Waals surface area contributed by atoms with Crippen molar-refractivity contribution >= 4 is 0 Å². The molecule has 114 valence electrons. The molecule has 0 aliphatic carbocycles. The van der Waals surface area contributed by atoms with Gasteiger partial charge in [0, 0.05) is 19.7 Å². The third kappa shape index (κ3) is 4.50. The van der Waals surface area contributed by atoms with Gasteiger partial charge >= 0.3 is 0 Å². The number of hydrogen-bond donors (Lipinski definition) is 2. The maximum absolute atomic E-state index is 9.95. The molecule has 3 nitrogen and oxygen atoms in total. The molecule has 0 heterocycles. The van der Waals surface area contributed by atoms with Gasteiger partial charge in [0.05, 0.1) is 6.10 Å². The molecule has 1 aromatic rings. The third-order valence-electron chi connectivity index (χ3n) is 3.99. The van der Waals surface area contributed by atoms with Crippen molar-refractivity contribution < 1.29 is 9.84 Å². The van der Waals surface area contributed by atoms with E-state index in [1.54, 1.807) is 7.11 Å². The number of nitrogens with one attached hydrogen (secondary N) is 1. The smallest absolute Gasteiger partial charge is 0.121 e. The minimum Gasteiger partial charge on any atom is -0.507 e. The Morgan fingerprint density at radius 1 is 1.20 bits per heavy atom. The monoisotopic (exact) mass is 279 g/mol. The fourth-order valence-electron chi connectivity index (χ4n) is 2.40. The second-order valence-corrected chi connectivity index (χ2v) is 5.91. The third-order valence-corrected chi connectivity index (χ3v) is 3.99. The van der Waals surface area contributed by atoms with E-state index in [1.165, 1.54) is 11.1 Å². The van der Waals surface area contributed by atoms with Gasteiger partial charge in [-0.1, -0.05) is 19.9 Å². The topological polar surface area (TPSA) is 41.5 Å². The van der Waals surface area contributed by atoms with Crippen molar-refractivity contribution in [2.24, 2.45) is 0 Å². The second kappa shape index (κ2) is 7.65. The van der Waals surface area contributed by atoms with Gasteiger partial charge in [-0.2, -0.15) is 0 Å². The van der Waals surface area contributed by atoms with E-state index in [4.69, 9.17) is 4.74 Å². The quantitative estimate of drug-likeness (QED) is 0.805. The van der Waals surface area contributed by atoms with Crippen molar-refractivity contribution in [2.75, 3.05) is 13.7 Å². The average molecular weight is 279 g/mol. The molecule has 0 saturated heterocycles. The zero-order valence-electron chi connectivity index (χ0n) is 13.7. The summed E-state index contributed by atoms with van der Waals surface area (Å²) in [6, 6.07) is 2.58. The van der Waals surface area contributed by atoms with Crippen molar-refractivity contribution in [1.29, 1.82) is 0 Å². The van der Waals surface area contributed by atoms with Crippen LogP contribution >= 0.6 is 0 Å². The molecule has 0 aromatic heterocycles. The Morgan fingerprint density at radius 3 is 2.40 bits per heavy atom. The minimum absolute atomic E-state index is 0.228. The van der Waals surface area contributed by atoms with Gasteiger partial charge in [-0.25, -0.2) is 0 Å². The molecule has 3 heteroatoms. The van der Waals surface area contributed by atoms with Crippen LogP contribution in [-0.4, -0.2) is 30.9 Å². The molecule has 1 aromatic carbocycles. The van der Waals surface area contributed by atoms with Gasteiger partial charge in [-0.15, -0.1) is 0 Å². The normalized spacial score (nSPS) is 12.9. The van der Waals surface area contributed by atoms with Crippen molar-refractivity contribution in [3.05, 3.63) is 28.3 Å². The highest BCUT2D eigenvalue weighted by Crippen LogP contribution is 2.28. The van der Waals surface area contributed by atoms with Crippen LogP contribution in [0.3, 0.4) is 0 Å². The SMILES string of the molecule is COC(CCc1cc(C)c(O)c(C)c1C)CNC(C)C. The maximum atomic E-state index is 9.95. The Morgan fingerprint density at radius 2 is 1.85 bits per heavy atom. The number of aryl methyl sites for hydroxylation is 2. The predicted octanol–water partition coefficient (Wildman–Crippen LogP) is 3.26. The molecule has 0 aliphatic heterocycles. The zero-order valence-corrected chi connectivity index (χ0v) is 13.7. The fourth-order valence-corrected chi connectivity index (χ4v) is 2.40. The van der Waals surface area contributed by atoms with Crippen molar-refractivity contribution in [2.45, 2.75) is 59.6 Å². The van der Waals surface area contributed by atoms with Crippen LogP contribution < -0.4 is 5.32 Å². The zero-order chi connectivity index (χ0) is 15.3. The fraction of sp³-hybridized carbons (Fsp3) is 0.647. The highest BCUT2D eigenvalue weighted by molar-refractivity contribution is 5.48. The lowest BCUT2D eigenvalue weighted by Gasteiger charge is -2.19. The summed E-state index contributed by atoms with van der Waals surface area (Å²) in [4.78, 5) is 0. The standard InChI is InChI=1S/C17H29NO2/c1-11(2)18-10-16(20-6)8-7-15-9-12(3)17(19)14(5)13(15)4/h9,11,16,18-19H,7-8,10H2,1-6H3. The molecule has 1 rings (SSSR count). The molecule has 0 radical (unpaired) electrons. The Kier molecular flexibility index (Phi) is 6.50. The van der Waals surface area contributed by atoms with Gasteiger partial charge in [-0.05, 0) is 55.9 Å². The first-order chi connectivity index (χ1) is 9.36. The van der Waals surface area contributed by atoms with E-state index in [-0.39, 0.29) is 6.10 Å². The molecule has 0 spiro atoms. The first-order valence-corrected chi connectivity index (χ1v) is 7.41. The van der Waals surface area contributed by atoms with Gasteiger partial charge in [0.2, 0.25) is 0 Å². The molecule has 1 unspecified atom stereocenters. The molecule has 0 amide bonds. The van der Waals surface area contributed by atoms with Crippen LogP contribution in [0, 0.1) is 20.8 Å². The van der Waals surface area contributed by atoms with E-state index in [9.17, 15) is 5.11 Å². The summed E-state index contributed by atoms with van der Waals surface area (Å²) in [6.07, 6.45) is 2.19. The molecule has 0 saturated carbocycles. The van der Waals surface area contributed by atoms with Crippen LogP contribution in [0.15, 0.2) is 6.07 Å². The summed E-state index contributed by atoms with van der Waals surface area (Å²) in [5.74, 6) is 0.427.